The summed E-state index contributed by atoms with van der Waals surface area (Å²) >= 11 is 6.23. The van der Waals surface area contributed by atoms with E-state index in [1.807, 2.05) is 19.1 Å². The van der Waals surface area contributed by atoms with Crippen LogP contribution in [0.15, 0.2) is 18.2 Å². The van der Waals surface area contributed by atoms with Crippen LogP contribution >= 0.6 is 11.6 Å². The number of halogens is 1. The second kappa shape index (κ2) is 5.49. The van der Waals surface area contributed by atoms with Gasteiger partial charge in [-0.2, -0.15) is 0 Å². The predicted octanol–water partition coefficient (Wildman–Crippen LogP) is 3.88. The number of rotatable bonds is 3. The van der Waals surface area contributed by atoms with Crippen LogP contribution in [0.4, 0.5) is 0 Å². The van der Waals surface area contributed by atoms with Crippen molar-refractivity contribution in [3.05, 3.63) is 34.5 Å². The number of carbonyl (C=O) groups excluding carboxylic acids is 1. The van der Waals surface area contributed by atoms with Crippen LogP contribution in [0.3, 0.4) is 0 Å². The maximum absolute atomic E-state index is 11.6. The zero-order valence-corrected chi connectivity index (χ0v) is 12.3. The van der Waals surface area contributed by atoms with Crippen LogP contribution in [0.1, 0.15) is 31.0 Å². The van der Waals surface area contributed by atoms with E-state index in [1.165, 1.54) is 16.6 Å². The Hall–Kier alpha value is -1.48. The van der Waals surface area contributed by atoms with E-state index in [0.29, 0.717) is 18.9 Å². The number of ether oxygens (including phenoxy) is 1. The van der Waals surface area contributed by atoms with Crippen LogP contribution in [-0.4, -0.2) is 17.6 Å². The van der Waals surface area contributed by atoms with E-state index in [2.05, 4.69) is 11.1 Å². The number of carbonyl (C=O) groups is 1. The number of benzene rings is 1. The van der Waals surface area contributed by atoms with Crippen LogP contribution < -0.4 is 0 Å². The maximum Gasteiger partial charge on any atom is 0.306 e. The molecule has 1 unspecified atom stereocenters. The zero-order valence-electron chi connectivity index (χ0n) is 11.5. The van der Waals surface area contributed by atoms with Gasteiger partial charge in [-0.1, -0.05) is 23.7 Å². The fourth-order valence-corrected chi connectivity index (χ4v) is 3.34. The summed E-state index contributed by atoms with van der Waals surface area (Å²) in [7, 11) is 0. The van der Waals surface area contributed by atoms with E-state index < -0.39 is 0 Å². The SMILES string of the molecule is CCOC(=O)CC1CCc2c([nH]c3c(Cl)cccc23)C1. The lowest BCUT2D eigenvalue weighted by atomic mass is 9.85. The highest BCUT2D eigenvalue weighted by Gasteiger charge is 2.25. The van der Waals surface area contributed by atoms with E-state index in [0.717, 1.165) is 29.8 Å². The van der Waals surface area contributed by atoms with Crippen molar-refractivity contribution < 1.29 is 9.53 Å². The molecule has 1 aromatic heterocycles. The summed E-state index contributed by atoms with van der Waals surface area (Å²) in [6.07, 6.45) is 3.45. The molecule has 1 aromatic carbocycles. The normalized spacial score (nSPS) is 18.0. The first-order chi connectivity index (χ1) is 9.69. The van der Waals surface area contributed by atoms with Gasteiger partial charge in [-0.05, 0) is 43.7 Å². The molecule has 1 aliphatic rings. The first-order valence-corrected chi connectivity index (χ1v) is 7.50. The first kappa shape index (κ1) is 13.5. The molecule has 0 spiro atoms. The summed E-state index contributed by atoms with van der Waals surface area (Å²) in [6.45, 7) is 2.30. The molecule has 3 rings (SSSR count). The Kier molecular flexibility index (Phi) is 3.70. The molecule has 0 amide bonds. The van der Waals surface area contributed by atoms with Crippen molar-refractivity contribution in [3.63, 3.8) is 0 Å². The average molecular weight is 292 g/mol. The number of fused-ring (bicyclic) bond motifs is 3. The minimum atomic E-state index is -0.0879. The monoisotopic (exact) mass is 291 g/mol. The van der Waals surface area contributed by atoms with Gasteiger partial charge in [-0.3, -0.25) is 4.79 Å². The lowest BCUT2D eigenvalue weighted by Crippen LogP contribution is -2.18. The summed E-state index contributed by atoms with van der Waals surface area (Å²) in [5.41, 5.74) is 3.62. The van der Waals surface area contributed by atoms with Gasteiger partial charge in [0, 0.05) is 17.5 Å². The first-order valence-electron chi connectivity index (χ1n) is 7.12. The number of aromatic amines is 1. The van der Waals surface area contributed by atoms with Crippen molar-refractivity contribution in [1.29, 1.82) is 0 Å². The van der Waals surface area contributed by atoms with Gasteiger partial charge in [0.05, 0.1) is 17.1 Å². The van der Waals surface area contributed by atoms with Crippen molar-refractivity contribution in [2.45, 2.75) is 32.6 Å². The lowest BCUT2D eigenvalue weighted by Gasteiger charge is -2.21. The third-order valence-electron chi connectivity index (χ3n) is 4.03. The summed E-state index contributed by atoms with van der Waals surface area (Å²) in [6, 6.07) is 6.01. The molecule has 0 fully saturated rings. The third kappa shape index (κ3) is 2.42. The van der Waals surface area contributed by atoms with Gasteiger partial charge < -0.3 is 9.72 Å². The van der Waals surface area contributed by atoms with E-state index in [-0.39, 0.29) is 5.97 Å². The highest BCUT2D eigenvalue weighted by molar-refractivity contribution is 6.35. The molecular formula is C16H18ClNO2. The molecule has 1 heterocycles. The number of H-pyrrole nitrogens is 1. The van der Waals surface area contributed by atoms with E-state index >= 15 is 0 Å². The minimum Gasteiger partial charge on any atom is -0.466 e. The van der Waals surface area contributed by atoms with Crippen LogP contribution in [0.2, 0.25) is 5.02 Å². The minimum absolute atomic E-state index is 0.0879. The van der Waals surface area contributed by atoms with Gasteiger partial charge in [0.1, 0.15) is 0 Å². The topological polar surface area (TPSA) is 42.1 Å². The van der Waals surface area contributed by atoms with Crippen LogP contribution in [-0.2, 0) is 22.4 Å². The van der Waals surface area contributed by atoms with Gasteiger partial charge in [0.15, 0.2) is 0 Å². The number of hydrogen-bond donors (Lipinski definition) is 1. The second-order valence-corrected chi connectivity index (χ2v) is 5.77. The number of aryl methyl sites for hydroxylation is 1. The van der Waals surface area contributed by atoms with Gasteiger partial charge in [-0.15, -0.1) is 0 Å². The van der Waals surface area contributed by atoms with E-state index in [9.17, 15) is 4.79 Å². The van der Waals surface area contributed by atoms with Crippen molar-refractivity contribution in [1.82, 2.24) is 4.98 Å². The number of esters is 1. The number of aromatic nitrogens is 1. The van der Waals surface area contributed by atoms with E-state index in [1.54, 1.807) is 0 Å². The quantitative estimate of drug-likeness (QED) is 0.872. The fraction of sp³-hybridized carbons (Fsp3) is 0.438. The smallest absolute Gasteiger partial charge is 0.306 e. The standard InChI is InChI=1S/C16H18ClNO2/c1-2-20-15(19)9-10-6-7-11-12-4-3-5-13(17)16(12)18-14(11)8-10/h3-5,10,18H,2,6-9H2,1H3. The number of nitrogens with one attached hydrogen (secondary N) is 1. The van der Waals surface area contributed by atoms with Crippen molar-refractivity contribution >= 4 is 28.5 Å². The van der Waals surface area contributed by atoms with E-state index in [4.69, 9.17) is 16.3 Å². The Labute approximate surface area is 123 Å². The van der Waals surface area contributed by atoms with Crippen molar-refractivity contribution in [3.8, 4) is 0 Å². The zero-order chi connectivity index (χ0) is 14.1. The Morgan fingerprint density at radius 3 is 3.15 bits per heavy atom. The lowest BCUT2D eigenvalue weighted by molar-refractivity contribution is -0.144. The van der Waals surface area contributed by atoms with Crippen LogP contribution in [0.5, 0.6) is 0 Å². The molecule has 1 atom stereocenters. The summed E-state index contributed by atoms with van der Waals surface area (Å²) in [5.74, 6) is 0.281. The summed E-state index contributed by atoms with van der Waals surface area (Å²) in [4.78, 5) is 15.0. The Bertz CT molecular complexity index is 647. The molecule has 1 aliphatic carbocycles. The molecular weight excluding hydrogens is 274 g/mol. The van der Waals surface area contributed by atoms with Gasteiger partial charge in [0.25, 0.3) is 0 Å². The molecule has 106 valence electrons. The number of para-hydroxylation sites is 1. The van der Waals surface area contributed by atoms with Crippen LogP contribution in [0, 0.1) is 5.92 Å². The largest absolute Gasteiger partial charge is 0.466 e. The van der Waals surface area contributed by atoms with Gasteiger partial charge in [-0.25, -0.2) is 0 Å². The fourth-order valence-electron chi connectivity index (χ4n) is 3.12. The molecule has 0 radical (unpaired) electrons. The van der Waals surface area contributed by atoms with Gasteiger partial charge >= 0.3 is 5.97 Å². The second-order valence-electron chi connectivity index (χ2n) is 5.36. The summed E-state index contributed by atoms with van der Waals surface area (Å²) < 4.78 is 5.04. The van der Waals surface area contributed by atoms with Crippen molar-refractivity contribution in [2.75, 3.05) is 6.61 Å². The highest BCUT2D eigenvalue weighted by atomic mass is 35.5. The molecule has 2 aromatic rings. The predicted molar refractivity (Wildman–Crippen MR) is 80.1 cm³/mol. The molecule has 3 nitrogen and oxygen atoms in total. The molecule has 0 saturated heterocycles. The Morgan fingerprint density at radius 1 is 1.50 bits per heavy atom. The molecule has 0 bridgehead atoms. The van der Waals surface area contributed by atoms with Gasteiger partial charge in [0.2, 0.25) is 0 Å². The van der Waals surface area contributed by atoms with Crippen molar-refractivity contribution in [2.24, 2.45) is 5.92 Å². The highest BCUT2D eigenvalue weighted by Crippen LogP contribution is 2.35. The molecule has 0 aliphatic heterocycles. The molecule has 20 heavy (non-hydrogen) atoms. The Balaban J connectivity index is 1.83. The molecule has 4 heteroatoms. The van der Waals surface area contributed by atoms with Crippen LogP contribution in [0.25, 0.3) is 10.9 Å². The maximum atomic E-state index is 11.6. The third-order valence-corrected chi connectivity index (χ3v) is 4.35. The average Bonchev–Trinajstić information content (AvgIpc) is 2.78. The summed E-state index contributed by atoms with van der Waals surface area (Å²) in [5, 5.41) is 1.99. The molecule has 1 N–H and O–H groups in total. The number of hydrogen-bond acceptors (Lipinski definition) is 2. The molecule has 0 saturated carbocycles. The Morgan fingerprint density at radius 2 is 2.35 bits per heavy atom.